The number of halogens is 1. The van der Waals surface area contributed by atoms with Gasteiger partial charge in [0.05, 0.1) is 16.9 Å². The monoisotopic (exact) mass is 458 g/mol. The predicted molar refractivity (Wildman–Crippen MR) is 121 cm³/mol. The molecule has 170 valence electrons. The standard InChI is InChI=1S/C24H27FN2O4S/c1-16-7-8-19(13-17(16)2)27-15-18(14-23(27)28)24(29)26-10-9-22(32(30,31)12-11-26)20-5-3-4-6-21(20)25/h3-8,13,18,22H,9-12,14-15H2,1-2H3. The lowest BCUT2D eigenvalue weighted by Gasteiger charge is -2.24. The Labute approximate surface area is 187 Å². The maximum atomic E-state index is 14.3. The van der Waals surface area contributed by atoms with E-state index in [0.29, 0.717) is 0 Å². The quantitative estimate of drug-likeness (QED) is 0.708. The first kappa shape index (κ1) is 22.5. The van der Waals surface area contributed by atoms with E-state index in [1.54, 1.807) is 11.0 Å². The van der Waals surface area contributed by atoms with Gasteiger partial charge in [-0.15, -0.1) is 0 Å². The Bertz CT molecular complexity index is 1160. The molecule has 32 heavy (non-hydrogen) atoms. The Morgan fingerprint density at radius 3 is 2.53 bits per heavy atom. The van der Waals surface area contributed by atoms with Crippen molar-refractivity contribution in [3.05, 3.63) is 65.0 Å². The Morgan fingerprint density at radius 2 is 1.81 bits per heavy atom. The van der Waals surface area contributed by atoms with Crippen LogP contribution in [-0.2, 0) is 19.4 Å². The van der Waals surface area contributed by atoms with E-state index in [4.69, 9.17) is 0 Å². The predicted octanol–water partition coefficient (Wildman–Crippen LogP) is 3.18. The summed E-state index contributed by atoms with van der Waals surface area (Å²) >= 11 is 0. The van der Waals surface area contributed by atoms with Gasteiger partial charge in [0.15, 0.2) is 9.84 Å². The fourth-order valence-electron chi connectivity index (χ4n) is 4.52. The third-order valence-corrected chi connectivity index (χ3v) is 8.69. The highest BCUT2D eigenvalue weighted by atomic mass is 32.2. The smallest absolute Gasteiger partial charge is 0.228 e. The Hall–Kier alpha value is -2.74. The van der Waals surface area contributed by atoms with E-state index < -0.39 is 26.8 Å². The number of hydrogen-bond acceptors (Lipinski definition) is 4. The number of amides is 2. The SMILES string of the molecule is Cc1ccc(N2CC(C(=O)N3CCC(c4ccccc4F)S(=O)(=O)CC3)CC2=O)cc1C. The van der Waals surface area contributed by atoms with Gasteiger partial charge in [-0.1, -0.05) is 24.3 Å². The molecule has 0 bridgehead atoms. The zero-order valence-corrected chi connectivity index (χ0v) is 19.1. The number of anilines is 1. The zero-order valence-electron chi connectivity index (χ0n) is 18.3. The summed E-state index contributed by atoms with van der Waals surface area (Å²) in [7, 11) is -3.61. The van der Waals surface area contributed by atoms with Crippen LogP contribution in [0.5, 0.6) is 0 Å². The lowest BCUT2D eigenvalue weighted by atomic mass is 10.1. The minimum Gasteiger partial charge on any atom is -0.341 e. The number of carbonyl (C=O) groups excluding carboxylic acids is 2. The lowest BCUT2D eigenvalue weighted by molar-refractivity contribution is -0.135. The maximum absolute atomic E-state index is 14.3. The highest BCUT2D eigenvalue weighted by Gasteiger charge is 2.40. The van der Waals surface area contributed by atoms with Gasteiger partial charge in [0.25, 0.3) is 0 Å². The fourth-order valence-corrected chi connectivity index (χ4v) is 6.33. The van der Waals surface area contributed by atoms with E-state index in [-0.39, 0.29) is 55.6 Å². The summed E-state index contributed by atoms with van der Waals surface area (Å²) < 4.78 is 39.9. The maximum Gasteiger partial charge on any atom is 0.228 e. The molecule has 0 spiro atoms. The average molecular weight is 459 g/mol. The summed E-state index contributed by atoms with van der Waals surface area (Å²) in [5.74, 6) is -1.62. The van der Waals surface area contributed by atoms with Crippen molar-refractivity contribution in [2.45, 2.75) is 31.9 Å². The Balaban J connectivity index is 1.49. The zero-order chi connectivity index (χ0) is 23.0. The molecule has 0 aliphatic carbocycles. The van der Waals surface area contributed by atoms with Crippen molar-refractivity contribution in [1.82, 2.24) is 4.90 Å². The van der Waals surface area contributed by atoms with E-state index in [9.17, 15) is 22.4 Å². The molecular formula is C24H27FN2O4S. The molecule has 0 radical (unpaired) electrons. The van der Waals surface area contributed by atoms with Gasteiger partial charge in [0.1, 0.15) is 5.82 Å². The van der Waals surface area contributed by atoms with Crippen LogP contribution in [-0.4, -0.2) is 50.5 Å². The number of benzene rings is 2. The van der Waals surface area contributed by atoms with E-state index in [2.05, 4.69) is 0 Å². The largest absolute Gasteiger partial charge is 0.341 e. The molecule has 2 heterocycles. The lowest BCUT2D eigenvalue weighted by Crippen LogP contribution is -2.39. The Morgan fingerprint density at radius 1 is 1.06 bits per heavy atom. The summed E-state index contributed by atoms with van der Waals surface area (Å²) in [5.41, 5.74) is 3.12. The summed E-state index contributed by atoms with van der Waals surface area (Å²) in [5, 5.41) is -0.973. The molecule has 2 aromatic rings. The fraction of sp³-hybridized carbons (Fsp3) is 0.417. The van der Waals surface area contributed by atoms with Gasteiger partial charge in [0, 0.05) is 37.3 Å². The third kappa shape index (κ3) is 4.28. The van der Waals surface area contributed by atoms with Crippen molar-refractivity contribution in [2.75, 3.05) is 30.3 Å². The molecule has 2 amide bonds. The van der Waals surface area contributed by atoms with Crippen molar-refractivity contribution in [2.24, 2.45) is 5.92 Å². The van der Waals surface area contributed by atoms with Gasteiger partial charge in [-0.05, 0) is 49.6 Å². The molecule has 2 saturated heterocycles. The second-order valence-corrected chi connectivity index (χ2v) is 11.0. The highest BCUT2D eigenvalue weighted by molar-refractivity contribution is 7.91. The molecule has 6 nitrogen and oxygen atoms in total. The first-order chi connectivity index (χ1) is 15.2. The van der Waals surface area contributed by atoms with Gasteiger partial charge < -0.3 is 9.80 Å². The molecule has 0 N–H and O–H groups in total. The molecule has 2 unspecified atom stereocenters. The molecule has 0 saturated carbocycles. The minimum atomic E-state index is -3.61. The van der Waals surface area contributed by atoms with Crippen LogP contribution in [0.4, 0.5) is 10.1 Å². The molecule has 8 heteroatoms. The number of carbonyl (C=O) groups is 2. The van der Waals surface area contributed by atoms with Gasteiger partial charge >= 0.3 is 0 Å². The average Bonchev–Trinajstić information content (AvgIpc) is 3.06. The van der Waals surface area contributed by atoms with Gasteiger partial charge in [-0.25, -0.2) is 12.8 Å². The van der Waals surface area contributed by atoms with Crippen LogP contribution in [0.3, 0.4) is 0 Å². The van der Waals surface area contributed by atoms with Crippen LogP contribution in [0.1, 0.15) is 34.8 Å². The van der Waals surface area contributed by atoms with E-state index in [0.717, 1.165) is 16.8 Å². The molecule has 0 aromatic heterocycles. The topological polar surface area (TPSA) is 74.8 Å². The molecular weight excluding hydrogens is 431 g/mol. The minimum absolute atomic E-state index is 0.0560. The summed E-state index contributed by atoms with van der Waals surface area (Å²) in [6.07, 6.45) is 0.238. The summed E-state index contributed by atoms with van der Waals surface area (Å²) in [6.45, 7) is 4.52. The van der Waals surface area contributed by atoms with E-state index in [1.165, 1.54) is 23.1 Å². The van der Waals surface area contributed by atoms with Crippen LogP contribution < -0.4 is 4.90 Å². The summed E-state index contributed by atoms with van der Waals surface area (Å²) in [6, 6.07) is 11.7. The Kier molecular flexibility index (Phi) is 6.07. The second-order valence-electron chi connectivity index (χ2n) is 8.67. The van der Waals surface area contributed by atoms with Crippen molar-refractivity contribution >= 4 is 27.3 Å². The van der Waals surface area contributed by atoms with Gasteiger partial charge in [-0.2, -0.15) is 0 Å². The van der Waals surface area contributed by atoms with E-state index in [1.807, 2.05) is 32.0 Å². The third-order valence-electron chi connectivity index (χ3n) is 6.58. The molecule has 2 aromatic carbocycles. The van der Waals surface area contributed by atoms with Crippen molar-refractivity contribution in [3.8, 4) is 0 Å². The molecule has 2 aliphatic rings. The second kappa shape index (κ2) is 8.65. The highest BCUT2D eigenvalue weighted by Crippen LogP contribution is 2.33. The van der Waals surface area contributed by atoms with Crippen LogP contribution in [0.15, 0.2) is 42.5 Å². The van der Waals surface area contributed by atoms with Crippen LogP contribution >= 0.6 is 0 Å². The summed E-state index contributed by atoms with van der Waals surface area (Å²) in [4.78, 5) is 29.0. The number of aryl methyl sites for hydroxylation is 2. The first-order valence-electron chi connectivity index (χ1n) is 10.8. The first-order valence-corrected chi connectivity index (χ1v) is 12.5. The number of sulfone groups is 1. The molecule has 2 aliphatic heterocycles. The van der Waals surface area contributed by atoms with Crippen LogP contribution in [0.25, 0.3) is 0 Å². The number of rotatable bonds is 3. The molecule has 4 rings (SSSR count). The van der Waals surface area contributed by atoms with Crippen LogP contribution in [0, 0.1) is 25.6 Å². The number of hydrogen-bond donors (Lipinski definition) is 0. The van der Waals surface area contributed by atoms with Crippen molar-refractivity contribution in [3.63, 3.8) is 0 Å². The van der Waals surface area contributed by atoms with Gasteiger partial charge in [-0.3, -0.25) is 9.59 Å². The van der Waals surface area contributed by atoms with Crippen molar-refractivity contribution < 1.29 is 22.4 Å². The number of nitrogens with zero attached hydrogens (tertiary/aromatic N) is 2. The van der Waals surface area contributed by atoms with Crippen LogP contribution in [0.2, 0.25) is 0 Å². The van der Waals surface area contributed by atoms with Crippen molar-refractivity contribution in [1.29, 1.82) is 0 Å². The molecule has 2 atom stereocenters. The van der Waals surface area contributed by atoms with E-state index >= 15 is 0 Å². The van der Waals surface area contributed by atoms with Gasteiger partial charge in [0.2, 0.25) is 11.8 Å². The normalized spacial score (nSPS) is 23.3. The molecule has 2 fully saturated rings.